The van der Waals surface area contributed by atoms with Crippen LogP contribution in [0.1, 0.15) is 25.3 Å². The van der Waals surface area contributed by atoms with E-state index in [2.05, 4.69) is 12.2 Å². The van der Waals surface area contributed by atoms with Crippen LogP contribution < -0.4 is 10.2 Å². The molecule has 1 unspecified atom stereocenters. The van der Waals surface area contributed by atoms with Crippen molar-refractivity contribution in [3.63, 3.8) is 0 Å². The van der Waals surface area contributed by atoms with Gasteiger partial charge in [0.15, 0.2) is 0 Å². The van der Waals surface area contributed by atoms with Crippen LogP contribution in [0.5, 0.6) is 0 Å². The molecule has 0 saturated heterocycles. The highest BCUT2D eigenvalue weighted by Gasteiger charge is 2.31. The highest BCUT2D eigenvalue weighted by molar-refractivity contribution is 5.94. The number of aliphatic carboxylic acids is 1. The number of carboxylic acids is 1. The number of fused-ring (bicyclic) bond motifs is 1. The Hall–Kier alpha value is -2.04. The molecule has 20 heavy (non-hydrogen) atoms. The van der Waals surface area contributed by atoms with E-state index in [0.29, 0.717) is 13.0 Å². The molecule has 108 valence electrons. The Labute approximate surface area is 118 Å². The molecule has 0 spiro atoms. The number of amides is 2. The van der Waals surface area contributed by atoms with Crippen molar-refractivity contribution in [3.05, 3.63) is 29.8 Å². The van der Waals surface area contributed by atoms with Crippen molar-refractivity contribution < 1.29 is 14.7 Å². The second-order valence-corrected chi connectivity index (χ2v) is 5.06. The van der Waals surface area contributed by atoms with E-state index in [1.54, 1.807) is 4.90 Å². The molecule has 1 atom stereocenters. The highest BCUT2D eigenvalue weighted by atomic mass is 16.4. The van der Waals surface area contributed by atoms with Gasteiger partial charge in [-0.05, 0) is 24.5 Å². The van der Waals surface area contributed by atoms with Crippen LogP contribution in [0.25, 0.3) is 0 Å². The van der Waals surface area contributed by atoms with Crippen LogP contribution in [-0.2, 0) is 11.2 Å². The quantitative estimate of drug-likeness (QED) is 0.829. The standard InChI is InChI=1S/C15H20N2O3/c1-2-3-8-16-15(20)17-10-12(14(18)19)9-11-6-4-5-7-13(11)17/h4-7,12H,2-3,8-10H2,1H3,(H,16,20)(H,18,19). The van der Waals surface area contributed by atoms with Gasteiger partial charge in [0.2, 0.25) is 0 Å². The van der Waals surface area contributed by atoms with E-state index < -0.39 is 11.9 Å². The summed E-state index contributed by atoms with van der Waals surface area (Å²) in [6.45, 7) is 2.90. The van der Waals surface area contributed by atoms with E-state index in [0.717, 1.165) is 24.1 Å². The van der Waals surface area contributed by atoms with Gasteiger partial charge < -0.3 is 10.4 Å². The fourth-order valence-electron chi connectivity index (χ4n) is 2.42. The third-order valence-electron chi connectivity index (χ3n) is 3.55. The minimum atomic E-state index is -0.856. The summed E-state index contributed by atoms with van der Waals surface area (Å²) in [5.74, 6) is -1.40. The number of urea groups is 1. The maximum Gasteiger partial charge on any atom is 0.321 e. The van der Waals surface area contributed by atoms with Crippen LogP contribution >= 0.6 is 0 Å². The number of carboxylic acid groups (broad SMARTS) is 1. The number of rotatable bonds is 4. The van der Waals surface area contributed by atoms with Crippen molar-refractivity contribution in [2.75, 3.05) is 18.0 Å². The molecule has 2 N–H and O–H groups in total. The summed E-state index contributed by atoms with van der Waals surface area (Å²) in [6.07, 6.45) is 2.41. The van der Waals surface area contributed by atoms with Crippen LogP contribution in [-0.4, -0.2) is 30.2 Å². The molecular weight excluding hydrogens is 256 g/mol. The zero-order valence-corrected chi connectivity index (χ0v) is 11.6. The Kier molecular flexibility index (Phi) is 4.61. The van der Waals surface area contributed by atoms with Gasteiger partial charge in [-0.25, -0.2) is 4.79 Å². The van der Waals surface area contributed by atoms with Gasteiger partial charge in [-0.15, -0.1) is 0 Å². The first kappa shape index (κ1) is 14.4. The number of carbonyl (C=O) groups excluding carboxylic acids is 1. The Morgan fingerprint density at radius 2 is 2.15 bits per heavy atom. The van der Waals surface area contributed by atoms with Crippen LogP contribution in [0.2, 0.25) is 0 Å². The molecular formula is C15H20N2O3. The van der Waals surface area contributed by atoms with Crippen molar-refractivity contribution in [2.24, 2.45) is 5.92 Å². The smallest absolute Gasteiger partial charge is 0.321 e. The molecule has 1 aliphatic rings. The van der Waals surface area contributed by atoms with Crippen LogP contribution in [0, 0.1) is 5.92 Å². The Morgan fingerprint density at radius 3 is 2.85 bits per heavy atom. The van der Waals surface area contributed by atoms with Gasteiger partial charge in [-0.2, -0.15) is 0 Å². The maximum absolute atomic E-state index is 12.2. The predicted molar refractivity (Wildman–Crippen MR) is 76.9 cm³/mol. The molecule has 0 fully saturated rings. The lowest BCUT2D eigenvalue weighted by Crippen LogP contribution is -2.47. The second-order valence-electron chi connectivity index (χ2n) is 5.06. The van der Waals surface area contributed by atoms with Crippen LogP contribution in [0.15, 0.2) is 24.3 Å². The monoisotopic (exact) mass is 276 g/mol. The maximum atomic E-state index is 12.2. The van der Waals surface area contributed by atoms with Gasteiger partial charge in [0.05, 0.1) is 5.92 Å². The second kappa shape index (κ2) is 6.41. The Balaban J connectivity index is 2.18. The molecule has 1 aromatic rings. The number of benzene rings is 1. The normalized spacial score (nSPS) is 17.4. The molecule has 1 heterocycles. The van der Waals surface area contributed by atoms with Gasteiger partial charge in [-0.3, -0.25) is 9.69 Å². The molecule has 2 rings (SSSR count). The lowest BCUT2D eigenvalue weighted by Gasteiger charge is -2.32. The molecule has 0 bridgehead atoms. The van der Waals surface area contributed by atoms with Crippen LogP contribution in [0.3, 0.4) is 0 Å². The minimum absolute atomic E-state index is 0.211. The summed E-state index contributed by atoms with van der Waals surface area (Å²) in [4.78, 5) is 25.0. The third kappa shape index (κ3) is 3.10. The number of unbranched alkanes of at least 4 members (excludes halogenated alkanes) is 1. The van der Waals surface area contributed by atoms with Gasteiger partial charge in [0.1, 0.15) is 0 Å². The minimum Gasteiger partial charge on any atom is -0.481 e. The highest BCUT2D eigenvalue weighted by Crippen LogP contribution is 2.29. The van der Waals surface area contributed by atoms with E-state index >= 15 is 0 Å². The fraction of sp³-hybridized carbons (Fsp3) is 0.467. The Bertz CT molecular complexity index is 502. The number of hydrogen-bond acceptors (Lipinski definition) is 2. The molecule has 1 aliphatic heterocycles. The van der Waals surface area contributed by atoms with E-state index in [9.17, 15) is 14.7 Å². The average molecular weight is 276 g/mol. The lowest BCUT2D eigenvalue weighted by atomic mass is 9.93. The van der Waals surface area contributed by atoms with Gasteiger partial charge in [0, 0.05) is 18.8 Å². The number of hydrogen-bond donors (Lipinski definition) is 2. The summed E-state index contributed by atoms with van der Waals surface area (Å²) in [5, 5.41) is 12.1. The largest absolute Gasteiger partial charge is 0.481 e. The lowest BCUT2D eigenvalue weighted by molar-refractivity contribution is -0.141. The third-order valence-corrected chi connectivity index (χ3v) is 3.55. The molecule has 0 saturated carbocycles. The number of nitrogens with zero attached hydrogens (tertiary/aromatic N) is 1. The first-order chi connectivity index (χ1) is 9.63. The molecule has 5 heteroatoms. The number of anilines is 1. The molecule has 0 aliphatic carbocycles. The topological polar surface area (TPSA) is 69.6 Å². The van der Waals surface area contributed by atoms with E-state index in [1.165, 1.54) is 0 Å². The van der Waals surface area contributed by atoms with E-state index in [-0.39, 0.29) is 12.6 Å². The fourth-order valence-corrected chi connectivity index (χ4v) is 2.42. The zero-order valence-electron chi connectivity index (χ0n) is 11.6. The Morgan fingerprint density at radius 1 is 1.40 bits per heavy atom. The molecule has 0 aromatic heterocycles. The first-order valence-corrected chi connectivity index (χ1v) is 6.99. The van der Waals surface area contributed by atoms with Gasteiger partial charge in [0.25, 0.3) is 0 Å². The van der Waals surface area contributed by atoms with Crippen LogP contribution in [0.4, 0.5) is 10.5 Å². The molecule has 2 amide bonds. The van der Waals surface area contributed by atoms with E-state index in [4.69, 9.17) is 0 Å². The summed E-state index contributed by atoms with van der Waals surface area (Å²) in [5.41, 5.74) is 1.73. The van der Waals surface area contributed by atoms with Gasteiger partial charge >= 0.3 is 12.0 Å². The van der Waals surface area contributed by atoms with Crippen molar-refractivity contribution in [1.82, 2.24) is 5.32 Å². The molecule has 1 aromatic carbocycles. The summed E-state index contributed by atoms with van der Waals surface area (Å²) in [6, 6.07) is 7.28. The summed E-state index contributed by atoms with van der Waals surface area (Å²) >= 11 is 0. The van der Waals surface area contributed by atoms with Crippen molar-refractivity contribution in [3.8, 4) is 0 Å². The molecule has 0 radical (unpaired) electrons. The van der Waals surface area contributed by atoms with Gasteiger partial charge in [-0.1, -0.05) is 31.5 Å². The first-order valence-electron chi connectivity index (χ1n) is 6.99. The number of nitrogens with one attached hydrogen (secondary N) is 1. The zero-order chi connectivity index (χ0) is 14.5. The molecule has 5 nitrogen and oxygen atoms in total. The summed E-state index contributed by atoms with van der Waals surface area (Å²) < 4.78 is 0. The van der Waals surface area contributed by atoms with E-state index in [1.807, 2.05) is 24.3 Å². The predicted octanol–water partition coefficient (Wildman–Crippen LogP) is 2.26. The van der Waals surface area contributed by atoms with Crippen molar-refractivity contribution in [1.29, 1.82) is 0 Å². The summed E-state index contributed by atoms with van der Waals surface area (Å²) in [7, 11) is 0. The van der Waals surface area contributed by atoms with Crippen molar-refractivity contribution >= 4 is 17.7 Å². The number of carbonyl (C=O) groups is 2. The number of para-hydroxylation sites is 1. The van der Waals surface area contributed by atoms with Crippen molar-refractivity contribution in [2.45, 2.75) is 26.2 Å². The average Bonchev–Trinajstić information content (AvgIpc) is 2.46. The SMILES string of the molecule is CCCCNC(=O)N1CC(C(=O)O)Cc2ccccc21.